The molecule has 0 saturated carbocycles. The van der Waals surface area contributed by atoms with Crippen molar-refractivity contribution in [2.45, 2.75) is 31.0 Å². The van der Waals surface area contributed by atoms with Crippen LogP contribution in [-0.2, 0) is 16.2 Å². The number of alkyl halides is 3. The van der Waals surface area contributed by atoms with Gasteiger partial charge in [0.25, 0.3) is 0 Å². The first-order valence-corrected chi connectivity index (χ1v) is 8.03. The van der Waals surface area contributed by atoms with E-state index in [0.717, 1.165) is 6.07 Å². The Kier molecular flexibility index (Phi) is 6.03. The molecule has 0 aromatic heterocycles. The third-order valence-corrected chi connectivity index (χ3v) is 4.26. The second kappa shape index (κ2) is 6.95. The van der Waals surface area contributed by atoms with Crippen LogP contribution in [0.2, 0.25) is 5.02 Å². The quantitative estimate of drug-likeness (QED) is 0.834. The average Bonchev–Trinajstić information content (AvgIpc) is 2.35. The zero-order valence-corrected chi connectivity index (χ0v) is 13.0. The van der Waals surface area contributed by atoms with Gasteiger partial charge in [-0.1, -0.05) is 18.5 Å². The van der Waals surface area contributed by atoms with Crippen LogP contribution in [0.3, 0.4) is 0 Å². The average molecular weight is 345 g/mol. The maximum Gasteiger partial charge on any atom is 0.416 e. The van der Waals surface area contributed by atoms with Gasteiger partial charge in [0.1, 0.15) is 0 Å². The zero-order valence-electron chi connectivity index (χ0n) is 11.5. The first-order chi connectivity index (χ1) is 9.56. The largest absolute Gasteiger partial charge is 0.416 e. The zero-order chi connectivity index (χ0) is 16.3. The summed E-state index contributed by atoms with van der Waals surface area (Å²) in [5.74, 6) is 0. The second-order valence-electron chi connectivity index (χ2n) is 4.48. The van der Waals surface area contributed by atoms with E-state index in [9.17, 15) is 21.6 Å². The molecule has 0 aliphatic rings. The van der Waals surface area contributed by atoms with Gasteiger partial charge < -0.3 is 5.32 Å². The van der Waals surface area contributed by atoms with E-state index in [-0.39, 0.29) is 17.6 Å². The number of sulfonamides is 1. The van der Waals surface area contributed by atoms with Crippen LogP contribution in [0, 0.1) is 0 Å². The minimum atomic E-state index is -4.66. The Bertz CT molecular complexity index is 591. The van der Waals surface area contributed by atoms with Crippen molar-refractivity contribution in [2.24, 2.45) is 0 Å². The lowest BCUT2D eigenvalue weighted by atomic mass is 10.2. The van der Waals surface area contributed by atoms with Crippen molar-refractivity contribution in [1.82, 2.24) is 10.0 Å². The van der Waals surface area contributed by atoms with Crippen molar-refractivity contribution in [3.63, 3.8) is 0 Å². The number of hydrogen-bond donors (Lipinski definition) is 2. The lowest BCUT2D eigenvalue weighted by Gasteiger charge is -2.15. The summed E-state index contributed by atoms with van der Waals surface area (Å²) in [6.07, 6.45) is -4.66. The molecule has 120 valence electrons. The Balaban J connectivity index is 3.01. The number of likely N-dealkylation sites (N-methyl/N-ethyl adjacent to an activating group) is 1. The number of rotatable bonds is 6. The first kappa shape index (κ1) is 18.2. The predicted molar refractivity (Wildman–Crippen MR) is 74.8 cm³/mol. The molecule has 0 heterocycles. The third-order valence-electron chi connectivity index (χ3n) is 2.64. The molecule has 1 rings (SSSR count). The molecule has 0 bridgehead atoms. The van der Waals surface area contributed by atoms with Crippen molar-refractivity contribution in [2.75, 3.05) is 13.1 Å². The van der Waals surface area contributed by atoms with Crippen molar-refractivity contribution < 1.29 is 21.6 Å². The summed E-state index contributed by atoms with van der Waals surface area (Å²) in [4.78, 5) is -0.508. The highest BCUT2D eigenvalue weighted by Gasteiger charge is 2.32. The molecule has 1 aromatic rings. The molecular formula is C12H16ClF3N2O2S. The van der Waals surface area contributed by atoms with Crippen LogP contribution in [0.15, 0.2) is 23.1 Å². The van der Waals surface area contributed by atoms with Crippen LogP contribution in [0.5, 0.6) is 0 Å². The van der Waals surface area contributed by atoms with Gasteiger partial charge in [-0.2, -0.15) is 13.2 Å². The molecule has 0 radical (unpaired) electrons. The highest BCUT2D eigenvalue weighted by Crippen LogP contribution is 2.32. The Morgan fingerprint density at radius 2 is 1.90 bits per heavy atom. The summed E-state index contributed by atoms with van der Waals surface area (Å²) in [6, 6.07) is 2.08. The van der Waals surface area contributed by atoms with Gasteiger partial charge in [0.15, 0.2) is 0 Å². The first-order valence-electron chi connectivity index (χ1n) is 6.17. The SMILES string of the molecule is CCN[C@H](C)CNS(=O)(=O)c1cc(Cl)cc(C(F)(F)F)c1. The predicted octanol–water partition coefficient (Wildman–Crippen LogP) is 2.64. The summed E-state index contributed by atoms with van der Waals surface area (Å²) in [7, 11) is -4.05. The molecule has 0 spiro atoms. The van der Waals surface area contributed by atoms with Crippen molar-refractivity contribution in [3.05, 3.63) is 28.8 Å². The van der Waals surface area contributed by atoms with E-state index in [2.05, 4.69) is 10.0 Å². The van der Waals surface area contributed by atoms with Crippen molar-refractivity contribution in [3.8, 4) is 0 Å². The van der Waals surface area contributed by atoms with Crippen LogP contribution in [0.25, 0.3) is 0 Å². The van der Waals surface area contributed by atoms with E-state index in [0.29, 0.717) is 18.7 Å². The molecule has 2 N–H and O–H groups in total. The van der Waals surface area contributed by atoms with E-state index in [1.807, 2.05) is 6.92 Å². The van der Waals surface area contributed by atoms with Crippen LogP contribution in [-0.4, -0.2) is 27.5 Å². The lowest BCUT2D eigenvalue weighted by molar-refractivity contribution is -0.137. The normalized spacial score (nSPS) is 14.2. The number of halogens is 4. The Hall–Kier alpha value is -0.830. The molecule has 1 aromatic carbocycles. The highest BCUT2D eigenvalue weighted by molar-refractivity contribution is 7.89. The molecule has 0 fully saturated rings. The molecule has 0 saturated heterocycles. The number of hydrogen-bond acceptors (Lipinski definition) is 3. The van der Waals surface area contributed by atoms with E-state index in [1.165, 1.54) is 0 Å². The summed E-state index contributed by atoms with van der Waals surface area (Å²) >= 11 is 5.57. The lowest BCUT2D eigenvalue weighted by Crippen LogP contribution is -2.38. The minimum absolute atomic E-state index is 0.0596. The molecule has 9 heteroatoms. The van der Waals surface area contributed by atoms with E-state index in [4.69, 9.17) is 11.6 Å². The Morgan fingerprint density at radius 3 is 2.43 bits per heavy atom. The van der Waals surface area contributed by atoms with Gasteiger partial charge in [0, 0.05) is 17.6 Å². The Morgan fingerprint density at radius 1 is 1.29 bits per heavy atom. The number of nitrogens with one attached hydrogen (secondary N) is 2. The highest BCUT2D eigenvalue weighted by atomic mass is 35.5. The van der Waals surface area contributed by atoms with E-state index >= 15 is 0 Å². The minimum Gasteiger partial charge on any atom is -0.313 e. The van der Waals surface area contributed by atoms with Crippen LogP contribution in [0.4, 0.5) is 13.2 Å². The number of benzene rings is 1. The van der Waals surface area contributed by atoms with Gasteiger partial charge in [-0.15, -0.1) is 0 Å². The van der Waals surface area contributed by atoms with Gasteiger partial charge in [0.2, 0.25) is 10.0 Å². The molecule has 0 aliphatic carbocycles. The molecular weight excluding hydrogens is 329 g/mol. The van der Waals surface area contributed by atoms with E-state index < -0.39 is 26.7 Å². The fourth-order valence-electron chi connectivity index (χ4n) is 1.62. The monoisotopic (exact) mass is 344 g/mol. The van der Waals surface area contributed by atoms with E-state index in [1.54, 1.807) is 6.92 Å². The smallest absolute Gasteiger partial charge is 0.313 e. The van der Waals surface area contributed by atoms with Gasteiger partial charge in [-0.05, 0) is 31.7 Å². The van der Waals surface area contributed by atoms with Gasteiger partial charge in [0.05, 0.1) is 10.5 Å². The third kappa shape index (κ3) is 5.46. The summed E-state index contributed by atoms with van der Waals surface area (Å²) in [5.41, 5.74) is -1.10. The Labute approximate surface area is 126 Å². The topological polar surface area (TPSA) is 58.2 Å². The van der Waals surface area contributed by atoms with Crippen LogP contribution >= 0.6 is 11.6 Å². The van der Waals surface area contributed by atoms with Crippen LogP contribution < -0.4 is 10.0 Å². The maximum absolute atomic E-state index is 12.7. The van der Waals surface area contributed by atoms with Gasteiger partial charge in [-0.25, -0.2) is 13.1 Å². The second-order valence-corrected chi connectivity index (χ2v) is 6.69. The molecule has 21 heavy (non-hydrogen) atoms. The molecule has 0 amide bonds. The van der Waals surface area contributed by atoms with Gasteiger partial charge in [-0.3, -0.25) is 0 Å². The van der Waals surface area contributed by atoms with Crippen LogP contribution in [0.1, 0.15) is 19.4 Å². The molecule has 4 nitrogen and oxygen atoms in total. The molecule has 0 unspecified atom stereocenters. The molecule has 1 atom stereocenters. The van der Waals surface area contributed by atoms with Gasteiger partial charge >= 0.3 is 6.18 Å². The summed E-state index contributed by atoms with van der Waals surface area (Å²) in [6.45, 7) is 4.32. The maximum atomic E-state index is 12.7. The fourth-order valence-corrected chi connectivity index (χ4v) is 3.12. The molecule has 0 aliphatic heterocycles. The summed E-state index contributed by atoms with van der Waals surface area (Å²) in [5, 5.41) is 2.70. The standard InChI is InChI=1S/C12H16ClF3N2O2S/c1-3-17-8(2)7-18-21(19,20)11-5-9(12(14,15)16)4-10(13)6-11/h4-6,8,17-18H,3,7H2,1-2H3/t8-/m1/s1. The van der Waals surface area contributed by atoms with Crippen molar-refractivity contribution in [1.29, 1.82) is 0 Å². The summed E-state index contributed by atoms with van der Waals surface area (Å²) < 4.78 is 64.3. The van der Waals surface area contributed by atoms with Crippen molar-refractivity contribution >= 4 is 21.6 Å². The fraction of sp³-hybridized carbons (Fsp3) is 0.500.